The predicted molar refractivity (Wildman–Crippen MR) is 46.1 cm³/mol. The van der Waals surface area contributed by atoms with Crippen molar-refractivity contribution < 1.29 is 5.11 Å². The normalized spacial score (nSPS) is 22.8. The van der Waals surface area contributed by atoms with Crippen LogP contribution in [-0.4, -0.2) is 23.2 Å². The van der Waals surface area contributed by atoms with Crippen molar-refractivity contribution in [3.8, 4) is 5.75 Å². The molecule has 1 unspecified atom stereocenters. The molecule has 1 aromatic rings. The first-order valence-electron chi connectivity index (χ1n) is 4.22. The summed E-state index contributed by atoms with van der Waals surface area (Å²) in [5, 5.41) is 12.3. The van der Waals surface area contributed by atoms with Crippen molar-refractivity contribution >= 4 is 0 Å². The van der Waals surface area contributed by atoms with E-state index in [0.717, 1.165) is 25.2 Å². The van der Waals surface area contributed by atoms with Crippen molar-refractivity contribution in [3.05, 3.63) is 24.0 Å². The minimum atomic E-state index is 0.240. The van der Waals surface area contributed by atoms with Crippen molar-refractivity contribution in [3.63, 3.8) is 0 Å². The van der Waals surface area contributed by atoms with Gasteiger partial charge in [0.15, 0.2) is 0 Å². The average Bonchev–Trinajstić information content (AvgIpc) is 2.58. The van der Waals surface area contributed by atoms with Crippen molar-refractivity contribution in [1.82, 2.24) is 10.3 Å². The minimum Gasteiger partial charge on any atom is -0.506 e. The Balaban J connectivity index is 2.17. The van der Waals surface area contributed by atoms with E-state index in [1.54, 1.807) is 6.07 Å². The summed E-state index contributed by atoms with van der Waals surface area (Å²) in [5.41, 5.74) is 1.08. The lowest BCUT2D eigenvalue weighted by atomic mass is 10.0. The number of pyridine rings is 1. The highest BCUT2D eigenvalue weighted by molar-refractivity contribution is 5.21. The molecule has 2 N–H and O–H groups in total. The zero-order chi connectivity index (χ0) is 8.39. The van der Waals surface area contributed by atoms with Crippen LogP contribution in [0.5, 0.6) is 5.75 Å². The molecule has 1 atom stereocenters. The average molecular weight is 164 g/mol. The molecule has 1 aliphatic rings. The Bertz CT molecular complexity index is 252. The maximum atomic E-state index is 9.02. The molecule has 1 saturated heterocycles. The van der Waals surface area contributed by atoms with Crippen LogP contribution in [0, 0.1) is 0 Å². The molecular formula is C9H12N2O. The molecule has 0 spiro atoms. The van der Waals surface area contributed by atoms with E-state index >= 15 is 0 Å². The molecule has 0 radical (unpaired) electrons. The molecule has 0 bridgehead atoms. The molecule has 3 nitrogen and oxygen atoms in total. The smallest absolute Gasteiger partial charge is 0.133 e. The first kappa shape index (κ1) is 7.55. The predicted octanol–water partition coefficient (Wildman–Crippen LogP) is 0.864. The first-order valence-corrected chi connectivity index (χ1v) is 4.22. The standard InChI is InChI=1S/C9H12N2O/c12-8-1-2-9(11-6-8)7-3-4-10-5-7/h1-2,6-7,10,12H,3-5H2. The van der Waals surface area contributed by atoms with Crippen LogP contribution in [0.15, 0.2) is 18.3 Å². The van der Waals surface area contributed by atoms with Crippen LogP contribution in [0.2, 0.25) is 0 Å². The lowest BCUT2D eigenvalue weighted by molar-refractivity contribution is 0.471. The van der Waals surface area contributed by atoms with Crippen molar-refractivity contribution in [2.24, 2.45) is 0 Å². The second-order valence-corrected chi connectivity index (χ2v) is 3.13. The number of rotatable bonds is 1. The molecule has 2 heterocycles. The van der Waals surface area contributed by atoms with Gasteiger partial charge in [-0.2, -0.15) is 0 Å². The number of hydrogen-bond acceptors (Lipinski definition) is 3. The summed E-state index contributed by atoms with van der Waals surface area (Å²) in [6.07, 6.45) is 2.66. The van der Waals surface area contributed by atoms with Gasteiger partial charge in [0.1, 0.15) is 5.75 Å². The fourth-order valence-corrected chi connectivity index (χ4v) is 1.55. The molecule has 3 heteroatoms. The van der Waals surface area contributed by atoms with E-state index in [1.165, 1.54) is 6.20 Å². The van der Waals surface area contributed by atoms with E-state index in [0.29, 0.717) is 5.92 Å². The summed E-state index contributed by atoms with van der Waals surface area (Å²) in [7, 11) is 0. The zero-order valence-corrected chi connectivity index (χ0v) is 6.83. The molecule has 2 rings (SSSR count). The van der Waals surface area contributed by atoms with E-state index in [4.69, 9.17) is 5.11 Å². The SMILES string of the molecule is Oc1ccc(C2CCNC2)nc1. The highest BCUT2D eigenvalue weighted by Crippen LogP contribution is 2.21. The van der Waals surface area contributed by atoms with Gasteiger partial charge in [-0.25, -0.2) is 0 Å². The third-order valence-electron chi connectivity index (χ3n) is 2.25. The van der Waals surface area contributed by atoms with Gasteiger partial charge in [0.2, 0.25) is 0 Å². The Morgan fingerprint density at radius 2 is 2.42 bits per heavy atom. The summed E-state index contributed by atoms with van der Waals surface area (Å²) >= 11 is 0. The fraction of sp³-hybridized carbons (Fsp3) is 0.444. The van der Waals surface area contributed by atoms with Gasteiger partial charge in [0, 0.05) is 18.2 Å². The van der Waals surface area contributed by atoms with E-state index in [-0.39, 0.29) is 5.75 Å². The Kier molecular flexibility index (Phi) is 1.96. The van der Waals surface area contributed by atoms with E-state index in [2.05, 4.69) is 10.3 Å². The molecule has 0 amide bonds. The van der Waals surface area contributed by atoms with E-state index < -0.39 is 0 Å². The molecule has 64 valence electrons. The van der Waals surface area contributed by atoms with Gasteiger partial charge in [-0.3, -0.25) is 4.98 Å². The van der Waals surface area contributed by atoms with Crippen molar-refractivity contribution in [1.29, 1.82) is 0 Å². The molecule has 1 aliphatic heterocycles. The van der Waals surface area contributed by atoms with Gasteiger partial charge in [-0.15, -0.1) is 0 Å². The molecule has 1 aromatic heterocycles. The summed E-state index contributed by atoms with van der Waals surface area (Å²) in [6.45, 7) is 2.09. The van der Waals surface area contributed by atoms with Gasteiger partial charge < -0.3 is 10.4 Å². The third-order valence-corrected chi connectivity index (χ3v) is 2.25. The Morgan fingerprint density at radius 3 is 3.00 bits per heavy atom. The first-order chi connectivity index (χ1) is 5.86. The zero-order valence-electron chi connectivity index (χ0n) is 6.83. The number of hydrogen-bond donors (Lipinski definition) is 2. The monoisotopic (exact) mass is 164 g/mol. The van der Waals surface area contributed by atoms with Crippen molar-refractivity contribution in [2.75, 3.05) is 13.1 Å². The van der Waals surface area contributed by atoms with Crippen LogP contribution in [-0.2, 0) is 0 Å². The van der Waals surface area contributed by atoms with Crippen LogP contribution >= 0.6 is 0 Å². The van der Waals surface area contributed by atoms with Crippen LogP contribution in [0.4, 0.5) is 0 Å². The highest BCUT2D eigenvalue weighted by atomic mass is 16.3. The largest absolute Gasteiger partial charge is 0.506 e. The maximum Gasteiger partial charge on any atom is 0.133 e. The second kappa shape index (κ2) is 3.11. The minimum absolute atomic E-state index is 0.240. The van der Waals surface area contributed by atoms with Gasteiger partial charge in [-0.1, -0.05) is 0 Å². The van der Waals surface area contributed by atoms with E-state index in [9.17, 15) is 0 Å². The van der Waals surface area contributed by atoms with Crippen molar-refractivity contribution in [2.45, 2.75) is 12.3 Å². The quantitative estimate of drug-likeness (QED) is 0.647. The molecular weight excluding hydrogens is 152 g/mol. The third kappa shape index (κ3) is 1.41. The lowest BCUT2D eigenvalue weighted by Crippen LogP contribution is -2.08. The van der Waals surface area contributed by atoms with Crippen LogP contribution in [0.3, 0.4) is 0 Å². The molecule has 0 saturated carbocycles. The number of nitrogens with one attached hydrogen (secondary N) is 1. The van der Waals surface area contributed by atoms with Gasteiger partial charge in [0.05, 0.1) is 6.20 Å². The van der Waals surface area contributed by atoms with Crippen LogP contribution in [0.1, 0.15) is 18.0 Å². The van der Waals surface area contributed by atoms with Gasteiger partial charge in [0.25, 0.3) is 0 Å². The number of nitrogens with zero attached hydrogens (tertiary/aromatic N) is 1. The maximum absolute atomic E-state index is 9.02. The molecule has 1 fully saturated rings. The number of aromatic nitrogens is 1. The Morgan fingerprint density at radius 1 is 1.50 bits per heavy atom. The molecule has 0 aromatic carbocycles. The lowest BCUT2D eigenvalue weighted by Gasteiger charge is -2.06. The number of aromatic hydroxyl groups is 1. The Labute approximate surface area is 71.4 Å². The highest BCUT2D eigenvalue weighted by Gasteiger charge is 2.17. The topological polar surface area (TPSA) is 45.1 Å². The van der Waals surface area contributed by atoms with Crippen LogP contribution in [0.25, 0.3) is 0 Å². The van der Waals surface area contributed by atoms with Gasteiger partial charge >= 0.3 is 0 Å². The summed E-state index contributed by atoms with van der Waals surface area (Å²) in [4.78, 5) is 4.17. The summed E-state index contributed by atoms with van der Waals surface area (Å²) in [5.74, 6) is 0.773. The van der Waals surface area contributed by atoms with Gasteiger partial charge in [-0.05, 0) is 25.1 Å². The molecule has 12 heavy (non-hydrogen) atoms. The summed E-state index contributed by atoms with van der Waals surface area (Å²) in [6, 6.07) is 3.59. The molecule has 0 aliphatic carbocycles. The van der Waals surface area contributed by atoms with Crippen LogP contribution < -0.4 is 5.32 Å². The van der Waals surface area contributed by atoms with E-state index in [1.807, 2.05) is 6.07 Å². The second-order valence-electron chi connectivity index (χ2n) is 3.13. The summed E-state index contributed by atoms with van der Waals surface area (Å²) < 4.78 is 0. The Hall–Kier alpha value is -1.09. The fourth-order valence-electron chi connectivity index (χ4n) is 1.55.